The van der Waals surface area contributed by atoms with Crippen molar-refractivity contribution in [2.45, 2.75) is 13.3 Å². The molecular formula is C21H19N5O. The van der Waals surface area contributed by atoms with E-state index in [-0.39, 0.29) is 0 Å². The smallest absolute Gasteiger partial charge is 0.278 e. The maximum absolute atomic E-state index is 5.33. The first-order valence-electron chi connectivity index (χ1n) is 8.80. The summed E-state index contributed by atoms with van der Waals surface area (Å²) in [5.41, 5.74) is 3.92. The fourth-order valence-electron chi connectivity index (χ4n) is 2.67. The Morgan fingerprint density at radius 2 is 1.70 bits per heavy atom. The second kappa shape index (κ2) is 7.78. The molecule has 0 atom stereocenters. The number of aromatic nitrogens is 4. The first-order valence-corrected chi connectivity index (χ1v) is 8.80. The lowest BCUT2D eigenvalue weighted by Gasteiger charge is -2.05. The number of anilines is 1. The minimum atomic E-state index is 0.355. The molecule has 4 rings (SSSR count). The lowest BCUT2D eigenvalue weighted by atomic mass is 10.1. The van der Waals surface area contributed by atoms with Gasteiger partial charge in [0.15, 0.2) is 5.69 Å². The molecule has 0 aliphatic rings. The zero-order valence-corrected chi connectivity index (χ0v) is 15.0. The number of benzene rings is 2. The highest BCUT2D eigenvalue weighted by atomic mass is 16.5. The van der Waals surface area contributed by atoms with Crippen LogP contribution < -0.4 is 5.32 Å². The van der Waals surface area contributed by atoms with Crippen LogP contribution in [-0.2, 0) is 6.42 Å². The van der Waals surface area contributed by atoms with Crippen LogP contribution in [0.5, 0.6) is 0 Å². The molecule has 0 amide bonds. The zero-order valence-electron chi connectivity index (χ0n) is 15.0. The molecule has 0 saturated heterocycles. The first-order chi connectivity index (χ1) is 13.3. The van der Waals surface area contributed by atoms with Crippen LogP contribution >= 0.6 is 0 Å². The first kappa shape index (κ1) is 16.9. The summed E-state index contributed by atoms with van der Waals surface area (Å²) in [4.78, 5) is 4.41. The highest BCUT2D eigenvalue weighted by Gasteiger charge is 2.12. The second-order valence-electron chi connectivity index (χ2n) is 6.26. The molecule has 0 bridgehead atoms. The number of hydrogen-bond donors (Lipinski definition) is 1. The molecule has 134 valence electrons. The number of aryl methyl sites for hydroxylation is 1. The van der Waals surface area contributed by atoms with E-state index in [1.807, 2.05) is 61.5 Å². The molecule has 6 heteroatoms. The van der Waals surface area contributed by atoms with Crippen molar-refractivity contribution in [3.05, 3.63) is 77.9 Å². The van der Waals surface area contributed by atoms with Crippen LogP contribution in [0.25, 0.3) is 23.0 Å². The highest BCUT2D eigenvalue weighted by Crippen LogP contribution is 2.21. The topological polar surface area (TPSA) is 76.7 Å². The van der Waals surface area contributed by atoms with Crippen molar-refractivity contribution >= 4 is 5.82 Å². The minimum absolute atomic E-state index is 0.355. The van der Waals surface area contributed by atoms with Gasteiger partial charge in [-0.25, -0.2) is 0 Å². The van der Waals surface area contributed by atoms with Crippen LogP contribution in [0, 0.1) is 6.92 Å². The Hall–Kier alpha value is -3.54. The maximum Gasteiger partial charge on any atom is 0.278 e. The minimum Gasteiger partial charge on any atom is -0.368 e. The second-order valence-corrected chi connectivity index (χ2v) is 6.26. The van der Waals surface area contributed by atoms with E-state index in [2.05, 4.69) is 37.8 Å². The zero-order chi connectivity index (χ0) is 18.5. The molecule has 2 aromatic heterocycles. The molecule has 0 spiro atoms. The summed E-state index contributed by atoms with van der Waals surface area (Å²) in [6, 6.07) is 22.0. The van der Waals surface area contributed by atoms with Gasteiger partial charge in [-0.3, -0.25) is 0 Å². The van der Waals surface area contributed by atoms with Crippen LogP contribution in [0.2, 0.25) is 0 Å². The lowest BCUT2D eigenvalue weighted by molar-refractivity contribution is 0.430. The summed E-state index contributed by atoms with van der Waals surface area (Å²) in [6.45, 7) is 2.83. The van der Waals surface area contributed by atoms with Crippen LogP contribution in [0.15, 0.2) is 71.3 Å². The van der Waals surface area contributed by atoms with Gasteiger partial charge in [-0.05, 0) is 31.0 Å². The summed E-state index contributed by atoms with van der Waals surface area (Å²) in [5, 5.41) is 15.7. The van der Waals surface area contributed by atoms with Crippen LogP contribution in [-0.4, -0.2) is 26.9 Å². The van der Waals surface area contributed by atoms with Gasteiger partial charge in [0.1, 0.15) is 5.82 Å². The van der Waals surface area contributed by atoms with E-state index in [1.165, 1.54) is 11.1 Å². The van der Waals surface area contributed by atoms with Gasteiger partial charge in [0.2, 0.25) is 5.82 Å². The number of nitrogens with one attached hydrogen (secondary N) is 1. The predicted octanol–water partition coefficient (Wildman–Crippen LogP) is 4.16. The standard InChI is InChI=1S/C21H19N5O/c1-15-7-9-17(10-8-15)20-23-21(27-26-20)18-11-12-19(25-24-18)22-14-13-16-5-3-2-4-6-16/h2-12H,13-14H2,1H3,(H,22,25). The van der Waals surface area contributed by atoms with E-state index in [0.717, 1.165) is 18.5 Å². The van der Waals surface area contributed by atoms with E-state index < -0.39 is 0 Å². The van der Waals surface area contributed by atoms with Crippen molar-refractivity contribution in [2.24, 2.45) is 0 Å². The molecule has 27 heavy (non-hydrogen) atoms. The maximum atomic E-state index is 5.33. The highest BCUT2D eigenvalue weighted by molar-refractivity contribution is 5.58. The molecule has 1 N–H and O–H groups in total. The number of nitrogens with zero attached hydrogens (tertiary/aromatic N) is 4. The van der Waals surface area contributed by atoms with Crippen molar-refractivity contribution in [1.29, 1.82) is 0 Å². The summed E-state index contributed by atoms with van der Waals surface area (Å²) < 4.78 is 5.33. The Balaban J connectivity index is 1.39. The monoisotopic (exact) mass is 357 g/mol. The molecule has 2 aromatic carbocycles. The largest absolute Gasteiger partial charge is 0.368 e. The average molecular weight is 357 g/mol. The molecule has 2 heterocycles. The third-order valence-electron chi connectivity index (χ3n) is 4.18. The molecule has 0 aliphatic heterocycles. The van der Waals surface area contributed by atoms with Gasteiger partial charge in [-0.2, -0.15) is 4.98 Å². The average Bonchev–Trinajstić information content (AvgIpc) is 3.20. The quantitative estimate of drug-likeness (QED) is 0.558. The Bertz CT molecular complexity index is 995. The Labute approximate surface area is 157 Å². The van der Waals surface area contributed by atoms with E-state index in [9.17, 15) is 0 Å². The van der Waals surface area contributed by atoms with Gasteiger partial charge >= 0.3 is 0 Å². The van der Waals surface area contributed by atoms with Crippen molar-refractivity contribution in [3.63, 3.8) is 0 Å². The van der Waals surface area contributed by atoms with Crippen molar-refractivity contribution < 1.29 is 4.52 Å². The number of rotatable bonds is 6. The summed E-state index contributed by atoms with van der Waals surface area (Å²) in [5.74, 6) is 1.61. The van der Waals surface area contributed by atoms with E-state index in [4.69, 9.17) is 4.52 Å². The summed E-state index contributed by atoms with van der Waals surface area (Å²) in [6.07, 6.45) is 0.924. The van der Waals surface area contributed by atoms with Crippen LogP contribution in [0.4, 0.5) is 5.82 Å². The third-order valence-corrected chi connectivity index (χ3v) is 4.18. The Morgan fingerprint density at radius 1 is 0.889 bits per heavy atom. The molecule has 6 nitrogen and oxygen atoms in total. The molecule has 0 aliphatic carbocycles. The Kier molecular flexibility index (Phi) is 4.87. The fourth-order valence-corrected chi connectivity index (χ4v) is 2.67. The third kappa shape index (κ3) is 4.17. The molecule has 0 unspecified atom stereocenters. The molecule has 0 fully saturated rings. The molecule has 4 aromatic rings. The van der Waals surface area contributed by atoms with Crippen LogP contribution in [0.1, 0.15) is 11.1 Å². The summed E-state index contributed by atoms with van der Waals surface area (Å²) in [7, 11) is 0. The van der Waals surface area contributed by atoms with Crippen molar-refractivity contribution in [3.8, 4) is 23.0 Å². The SMILES string of the molecule is Cc1ccc(-c2noc(-c3ccc(NCCc4ccccc4)nn3)n2)cc1. The lowest BCUT2D eigenvalue weighted by Crippen LogP contribution is -2.07. The van der Waals surface area contributed by atoms with Gasteiger partial charge in [0.25, 0.3) is 5.89 Å². The van der Waals surface area contributed by atoms with Gasteiger partial charge in [0, 0.05) is 12.1 Å². The van der Waals surface area contributed by atoms with E-state index in [1.54, 1.807) is 0 Å². The van der Waals surface area contributed by atoms with Crippen LogP contribution in [0.3, 0.4) is 0 Å². The number of hydrogen-bond acceptors (Lipinski definition) is 6. The molecule has 0 radical (unpaired) electrons. The van der Waals surface area contributed by atoms with Gasteiger partial charge < -0.3 is 9.84 Å². The molecular weight excluding hydrogens is 338 g/mol. The van der Waals surface area contributed by atoms with Gasteiger partial charge in [-0.15, -0.1) is 10.2 Å². The van der Waals surface area contributed by atoms with E-state index >= 15 is 0 Å². The van der Waals surface area contributed by atoms with E-state index in [0.29, 0.717) is 23.2 Å². The Morgan fingerprint density at radius 3 is 2.44 bits per heavy atom. The predicted molar refractivity (Wildman–Crippen MR) is 104 cm³/mol. The summed E-state index contributed by atoms with van der Waals surface area (Å²) >= 11 is 0. The normalized spacial score (nSPS) is 10.7. The van der Waals surface area contributed by atoms with Gasteiger partial charge in [-0.1, -0.05) is 65.3 Å². The van der Waals surface area contributed by atoms with Gasteiger partial charge in [0.05, 0.1) is 0 Å². The van der Waals surface area contributed by atoms with Crippen molar-refractivity contribution in [2.75, 3.05) is 11.9 Å². The van der Waals surface area contributed by atoms with Crippen molar-refractivity contribution in [1.82, 2.24) is 20.3 Å². The fraction of sp³-hybridized carbons (Fsp3) is 0.143. The molecule has 0 saturated carbocycles.